The second-order valence-electron chi connectivity index (χ2n) is 5.25. The van der Waals surface area contributed by atoms with Gasteiger partial charge in [0.25, 0.3) is 0 Å². The first-order valence-corrected chi connectivity index (χ1v) is 5.58. The second-order valence-corrected chi connectivity index (χ2v) is 5.25. The van der Waals surface area contributed by atoms with Gasteiger partial charge in [-0.05, 0) is 39.3 Å². The van der Waals surface area contributed by atoms with Crippen molar-refractivity contribution in [2.24, 2.45) is 0 Å². The zero-order chi connectivity index (χ0) is 13.2. The normalized spacial score (nSPS) is 11.2. The number of anilines is 1. The molecule has 0 aliphatic rings. The molecule has 0 amide bonds. The molecule has 0 aliphatic heterocycles. The number of nitrogens with zero attached hydrogens (tertiary/aromatic N) is 2. The van der Waals surface area contributed by atoms with Gasteiger partial charge in [0, 0.05) is 20.3 Å². The fourth-order valence-electron chi connectivity index (χ4n) is 1.33. The summed E-state index contributed by atoms with van der Waals surface area (Å²) < 4.78 is 5.31. The van der Waals surface area contributed by atoms with Crippen molar-refractivity contribution < 1.29 is 9.53 Å². The maximum absolute atomic E-state index is 11.9. The van der Waals surface area contributed by atoms with Gasteiger partial charge < -0.3 is 9.64 Å². The van der Waals surface area contributed by atoms with Crippen molar-refractivity contribution in [1.82, 2.24) is 4.98 Å². The smallest absolute Gasteiger partial charge is 0.340 e. The highest BCUT2D eigenvalue weighted by atomic mass is 16.6. The summed E-state index contributed by atoms with van der Waals surface area (Å²) in [5.74, 6) is 0.502. The number of aryl methyl sites for hydroxylation is 1. The average Bonchev–Trinajstić information content (AvgIpc) is 2.14. The summed E-state index contributed by atoms with van der Waals surface area (Å²) in [5, 5.41) is 0. The van der Waals surface area contributed by atoms with Crippen LogP contribution in [-0.4, -0.2) is 30.6 Å². The van der Waals surface area contributed by atoms with Crippen LogP contribution in [0.3, 0.4) is 0 Å². The number of esters is 1. The van der Waals surface area contributed by atoms with Crippen molar-refractivity contribution in [1.29, 1.82) is 0 Å². The summed E-state index contributed by atoms with van der Waals surface area (Å²) in [6.45, 7) is 7.43. The van der Waals surface area contributed by atoms with E-state index >= 15 is 0 Å². The molecule has 17 heavy (non-hydrogen) atoms. The Labute approximate surface area is 103 Å². The van der Waals surface area contributed by atoms with E-state index in [4.69, 9.17) is 4.74 Å². The Balaban J connectivity index is 2.96. The van der Waals surface area contributed by atoms with Gasteiger partial charge >= 0.3 is 5.97 Å². The van der Waals surface area contributed by atoms with Crippen LogP contribution in [0.25, 0.3) is 0 Å². The number of aromatic nitrogens is 1. The summed E-state index contributed by atoms with van der Waals surface area (Å²) in [6, 6.07) is 1.87. The third-order valence-corrected chi connectivity index (χ3v) is 2.17. The Kier molecular flexibility index (Phi) is 3.76. The van der Waals surface area contributed by atoms with Crippen LogP contribution >= 0.6 is 0 Å². The fraction of sp³-hybridized carbons (Fsp3) is 0.538. The molecule has 0 atom stereocenters. The molecule has 0 fully saturated rings. The molecule has 0 aromatic carbocycles. The first-order chi connectivity index (χ1) is 7.70. The van der Waals surface area contributed by atoms with Gasteiger partial charge in [0.05, 0.1) is 5.56 Å². The summed E-state index contributed by atoms with van der Waals surface area (Å²) >= 11 is 0. The molecule has 94 valence electrons. The Morgan fingerprint density at radius 2 is 1.94 bits per heavy atom. The van der Waals surface area contributed by atoms with Gasteiger partial charge in [0.1, 0.15) is 11.4 Å². The summed E-state index contributed by atoms with van der Waals surface area (Å²) in [4.78, 5) is 18.0. The maximum atomic E-state index is 11.9. The topological polar surface area (TPSA) is 42.4 Å². The Morgan fingerprint density at radius 1 is 1.35 bits per heavy atom. The van der Waals surface area contributed by atoms with Gasteiger partial charge in [-0.1, -0.05) is 0 Å². The minimum atomic E-state index is -0.482. The van der Waals surface area contributed by atoms with Gasteiger partial charge in [-0.25, -0.2) is 9.78 Å². The number of pyridine rings is 1. The van der Waals surface area contributed by atoms with E-state index in [1.807, 2.05) is 52.8 Å². The zero-order valence-corrected chi connectivity index (χ0v) is 11.4. The largest absolute Gasteiger partial charge is 0.456 e. The first-order valence-electron chi connectivity index (χ1n) is 5.58. The fourth-order valence-corrected chi connectivity index (χ4v) is 1.33. The lowest BCUT2D eigenvalue weighted by atomic mass is 10.1. The van der Waals surface area contributed by atoms with Crippen molar-refractivity contribution in [3.63, 3.8) is 0 Å². The van der Waals surface area contributed by atoms with Crippen LogP contribution in [0.4, 0.5) is 5.82 Å². The minimum Gasteiger partial charge on any atom is -0.456 e. The molecule has 0 unspecified atom stereocenters. The SMILES string of the molecule is Cc1cc(N(C)C)ncc1C(=O)OC(C)(C)C. The number of hydrogen-bond acceptors (Lipinski definition) is 4. The number of carbonyl (C=O) groups is 1. The molecule has 1 aromatic heterocycles. The first kappa shape index (κ1) is 13.5. The summed E-state index contributed by atoms with van der Waals surface area (Å²) in [5.41, 5.74) is 0.910. The molecule has 0 saturated heterocycles. The molecular formula is C13H20N2O2. The van der Waals surface area contributed by atoms with Crippen molar-refractivity contribution in [2.75, 3.05) is 19.0 Å². The molecule has 1 rings (SSSR count). The molecule has 0 bridgehead atoms. The molecule has 1 aromatic rings. The van der Waals surface area contributed by atoms with E-state index in [2.05, 4.69) is 4.98 Å². The highest BCUT2D eigenvalue weighted by Crippen LogP contribution is 2.17. The van der Waals surface area contributed by atoms with E-state index in [1.165, 1.54) is 0 Å². The summed E-state index contributed by atoms with van der Waals surface area (Å²) in [6.07, 6.45) is 1.57. The average molecular weight is 236 g/mol. The van der Waals surface area contributed by atoms with Crippen molar-refractivity contribution in [3.8, 4) is 0 Å². The molecule has 0 spiro atoms. The van der Waals surface area contributed by atoms with Crippen LogP contribution in [-0.2, 0) is 4.74 Å². The third-order valence-electron chi connectivity index (χ3n) is 2.17. The lowest BCUT2D eigenvalue weighted by molar-refractivity contribution is 0.00683. The number of hydrogen-bond donors (Lipinski definition) is 0. The molecule has 4 nitrogen and oxygen atoms in total. The third kappa shape index (κ3) is 3.73. The number of rotatable bonds is 2. The standard InChI is InChI=1S/C13H20N2O2/c1-9-7-11(15(5)6)14-8-10(9)12(16)17-13(2,3)4/h7-8H,1-6H3. The number of ether oxygens (including phenoxy) is 1. The Hall–Kier alpha value is -1.58. The lowest BCUT2D eigenvalue weighted by Crippen LogP contribution is -2.24. The zero-order valence-electron chi connectivity index (χ0n) is 11.4. The van der Waals surface area contributed by atoms with Gasteiger partial charge in [-0.15, -0.1) is 0 Å². The van der Waals surface area contributed by atoms with Crippen LogP contribution in [0.15, 0.2) is 12.3 Å². The number of carbonyl (C=O) groups excluding carboxylic acids is 1. The predicted molar refractivity (Wildman–Crippen MR) is 68.5 cm³/mol. The van der Waals surface area contributed by atoms with E-state index in [1.54, 1.807) is 6.20 Å². The molecule has 0 N–H and O–H groups in total. The van der Waals surface area contributed by atoms with Crippen LogP contribution in [0.1, 0.15) is 36.7 Å². The molecule has 0 aliphatic carbocycles. The van der Waals surface area contributed by atoms with Gasteiger partial charge in [-0.3, -0.25) is 0 Å². The molecule has 1 heterocycles. The van der Waals surface area contributed by atoms with Crippen molar-refractivity contribution in [2.45, 2.75) is 33.3 Å². The quantitative estimate of drug-likeness (QED) is 0.739. The molecule has 0 radical (unpaired) electrons. The van der Waals surface area contributed by atoms with E-state index < -0.39 is 5.60 Å². The Bertz CT molecular complexity index is 420. The molecular weight excluding hydrogens is 216 g/mol. The highest BCUT2D eigenvalue weighted by Gasteiger charge is 2.19. The van der Waals surface area contributed by atoms with Gasteiger partial charge in [0.2, 0.25) is 0 Å². The van der Waals surface area contributed by atoms with Gasteiger partial charge in [-0.2, -0.15) is 0 Å². The molecule has 0 saturated carbocycles. The predicted octanol–water partition coefficient (Wildman–Crippen LogP) is 2.41. The summed E-state index contributed by atoms with van der Waals surface area (Å²) in [7, 11) is 3.82. The van der Waals surface area contributed by atoms with E-state index in [9.17, 15) is 4.79 Å². The van der Waals surface area contributed by atoms with Gasteiger partial charge in [0.15, 0.2) is 0 Å². The lowest BCUT2D eigenvalue weighted by Gasteiger charge is -2.20. The van der Waals surface area contributed by atoms with E-state index in [0.717, 1.165) is 11.4 Å². The Morgan fingerprint density at radius 3 is 2.35 bits per heavy atom. The maximum Gasteiger partial charge on any atom is 0.340 e. The van der Waals surface area contributed by atoms with Crippen molar-refractivity contribution >= 4 is 11.8 Å². The second kappa shape index (κ2) is 4.73. The van der Waals surface area contributed by atoms with E-state index in [-0.39, 0.29) is 5.97 Å². The van der Waals surface area contributed by atoms with Crippen LogP contribution < -0.4 is 4.90 Å². The van der Waals surface area contributed by atoms with Crippen LogP contribution in [0.5, 0.6) is 0 Å². The highest BCUT2D eigenvalue weighted by molar-refractivity contribution is 5.91. The molecule has 4 heteroatoms. The van der Waals surface area contributed by atoms with Crippen LogP contribution in [0, 0.1) is 6.92 Å². The van der Waals surface area contributed by atoms with Crippen LogP contribution in [0.2, 0.25) is 0 Å². The van der Waals surface area contributed by atoms with Crippen molar-refractivity contribution in [3.05, 3.63) is 23.4 Å². The monoisotopic (exact) mass is 236 g/mol. The van der Waals surface area contributed by atoms with E-state index in [0.29, 0.717) is 5.56 Å². The minimum absolute atomic E-state index is 0.326.